The normalized spacial score (nSPS) is 15.5. The largest absolute Gasteiger partial charge is 0.493 e. The molecule has 1 heterocycles. The third kappa shape index (κ3) is 5.34. The molecule has 0 aromatic heterocycles. The summed E-state index contributed by atoms with van der Waals surface area (Å²) in [6.45, 7) is 3.23. The molecule has 0 fully saturated rings. The van der Waals surface area contributed by atoms with Gasteiger partial charge < -0.3 is 9.47 Å². The maximum Gasteiger partial charge on any atom is 0.244 e. The Hall–Kier alpha value is -2.96. The van der Waals surface area contributed by atoms with E-state index in [-0.39, 0.29) is 11.9 Å². The number of benzene rings is 3. The summed E-state index contributed by atoms with van der Waals surface area (Å²) in [5, 5.41) is 0. The van der Waals surface area contributed by atoms with E-state index in [0.717, 1.165) is 41.2 Å². The third-order valence-electron chi connectivity index (χ3n) is 6.05. The fourth-order valence-corrected chi connectivity index (χ4v) is 4.89. The van der Waals surface area contributed by atoms with Crippen LogP contribution in [0.2, 0.25) is 0 Å². The lowest BCUT2D eigenvalue weighted by Crippen LogP contribution is -2.41. The summed E-state index contributed by atoms with van der Waals surface area (Å²) in [6.07, 6.45) is 1.85. The molecule has 0 spiro atoms. The van der Waals surface area contributed by atoms with Gasteiger partial charge in [0.15, 0.2) is 11.5 Å². The lowest BCUT2D eigenvalue weighted by molar-refractivity contribution is -0.120. The average Bonchev–Trinajstić information content (AvgIpc) is 2.87. The van der Waals surface area contributed by atoms with E-state index in [1.807, 2.05) is 30.3 Å². The number of carbonyl (C=O) groups is 1. The highest BCUT2D eigenvalue weighted by atomic mass is 32.2. The van der Waals surface area contributed by atoms with E-state index < -0.39 is 0 Å². The van der Waals surface area contributed by atoms with Crippen molar-refractivity contribution in [2.24, 2.45) is 0 Å². The predicted octanol–water partition coefficient (Wildman–Crippen LogP) is 5.04. The number of nitrogens with one attached hydrogen (secondary N) is 1. The Balaban J connectivity index is 1.55. The van der Waals surface area contributed by atoms with Gasteiger partial charge >= 0.3 is 0 Å². The van der Waals surface area contributed by atoms with Gasteiger partial charge in [-0.1, -0.05) is 49.4 Å². The van der Waals surface area contributed by atoms with E-state index in [2.05, 4.69) is 52.9 Å². The minimum Gasteiger partial charge on any atom is -0.493 e. The highest BCUT2D eigenvalue weighted by molar-refractivity contribution is 7.98. The number of fused-ring (bicyclic) bond motifs is 1. The molecule has 0 saturated heterocycles. The molecule has 0 bridgehead atoms. The van der Waals surface area contributed by atoms with Crippen molar-refractivity contribution < 1.29 is 14.3 Å². The maximum absolute atomic E-state index is 12.9. The minimum absolute atomic E-state index is 0.00979. The van der Waals surface area contributed by atoms with E-state index in [0.29, 0.717) is 12.3 Å². The van der Waals surface area contributed by atoms with Crippen molar-refractivity contribution >= 4 is 17.9 Å². The van der Waals surface area contributed by atoms with Gasteiger partial charge in [0, 0.05) is 11.4 Å². The molecule has 6 heteroatoms. The van der Waals surface area contributed by atoms with Crippen molar-refractivity contribution in [1.82, 2.24) is 9.62 Å². The molecule has 0 aliphatic carbocycles. The van der Waals surface area contributed by atoms with E-state index in [9.17, 15) is 4.79 Å². The first-order valence-corrected chi connectivity index (χ1v) is 12.0. The molecule has 3 aromatic rings. The first kappa shape index (κ1) is 23.2. The van der Waals surface area contributed by atoms with Gasteiger partial charge in [0.25, 0.3) is 0 Å². The van der Waals surface area contributed by atoms with Crippen LogP contribution in [0.3, 0.4) is 0 Å². The molecule has 33 heavy (non-hydrogen) atoms. The van der Waals surface area contributed by atoms with Crippen LogP contribution in [-0.4, -0.2) is 38.1 Å². The van der Waals surface area contributed by atoms with Crippen LogP contribution < -0.4 is 14.2 Å². The topological polar surface area (TPSA) is 50.8 Å². The summed E-state index contributed by atoms with van der Waals surface area (Å²) in [5.74, 6) is 1.43. The third-order valence-corrected chi connectivity index (χ3v) is 6.89. The van der Waals surface area contributed by atoms with Crippen LogP contribution in [0, 0.1) is 0 Å². The van der Waals surface area contributed by atoms with Gasteiger partial charge in [-0.2, -0.15) is 0 Å². The summed E-state index contributed by atoms with van der Waals surface area (Å²) in [5.41, 5.74) is 4.82. The number of hydrogen-bond acceptors (Lipinski definition) is 5. The zero-order chi connectivity index (χ0) is 23.2. The Morgan fingerprint density at radius 3 is 2.39 bits per heavy atom. The summed E-state index contributed by atoms with van der Waals surface area (Å²) < 4.78 is 14.1. The van der Waals surface area contributed by atoms with Gasteiger partial charge in [-0.15, -0.1) is 0 Å². The van der Waals surface area contributed by atoms with Gasteiger partial charge in [-0.3, -0.25) is 14.4 Å². The van der Waals surface area contributed by atoms with Crippen LogP contribution in [0.25, 0.3) is 0 Å². The van der Waals surface area contributed by atoms with Crippen molar-refractivity contribution in [2.45, 2.75) is 30.7 Å². The van der Waals surface area contributed by atoms with Crippen LogP contribution >= 0.6 is 11.9 Å². The highest BCUT2D eigenvalue weighted by Gasteiger charge is 2.31. The predicted molar refractivity (Wildman–Crippen MR) is 133 cm³/mol. The zero-order valence-electron chi connectivity index (χ0n) is 19.3. The Bertz CT molecular complexity index is 1090. The van der Waals surface area contributed by atoms with Gasteiger partial charge in [-0.25, -0.2) is 0 Å². The molecule has 0 radical (unpaired) electrons. The second-order valence-electron chi connectivity index (χ2n) is 8.06. The first-order chi connectivity index (χ1) is 16.1. The summed E-state index contributed by atoms with van der Waals surface area (Å²) in [4.78, 5) is 16.2. The maximum atomic E-state index is 12.9. The SMILES string of the molecule is CCc1ccc(SNC(=O)CN2CCc3cc(OC)c(OC)cc3C2c2ccccc2)cc1. The molecule has 4 rings (SSSR count). The Morgan fingerprint density at radius 2 is 1.73 bits per heavy atom. The van der Waals surface area contributed by atoms with Crippen LogP contribution in [0.4, 0.5) is 0 Å². The molecule has 1 aliphatic heterocycles. The summed E-state index contributed by atoms with van der Waals surface area (Å²) in [6, 6.07) is 22.7. The number of nitrogens with zero attached hydrogens (tertiary/aromatic N) is 1. The van der Waals surface area contributed by atoms with Crippen molar-refractivity contribution in [3.05, 3.63) is 89.0 Å². The van der Waals surface area contributed by atoms with Crippen molar-refractivity contribution in [3.63, 3.8) is 0 Å². The van der Waals surface area contributed by atoms with Gasteiger partial charge in [0.1, 0.15) is 0 Å². The van der Waals surface area contributed by atoms with E-state index >= 15 is 0 Å². The Morgan fingerprint density at radius 1 is 1.03 bits per heavy atom. The molecule has 1 N–H and O–H groups in total. The molecule has 1 atom stereocenters. The van der Waals surface area contributed by atoms with E-state index in [4.69, 9.17) is 9.47 Å². The zero-order valence-corrected chi connectivity index (χ0v) is 20.2. The van der Waals surface area contributed by atoms with E-state index in [1.54, 1.807) is 14.2 Å². The van der Waals surface area contributed by atoms with Gasteiger partial charge in [0.2, 0.25) is 5.91 Å². The van der Waals surface area contributed by atoms with Crippen LogP contribution in [0.5, 0.6) is 11.5 Å². The number of ether oxygens (including phenoxy) is 2. The standard InChI is InChI=1S/C27H30N2O3S/c1-4-19-10-12-22(13-11-19)33-28-26(30)18-29-15-14-21-16-24(31-2)25(32-3)17-23(21)27(29)20-8-6-5-7-9-20/h5-13,16-17,27H,4,14-15,18H2,1-3H3,(H,28,30). The molecule has 1 unspecified atom stereocenters. The molecule has 0 saturated carbocycles. The average molecular weight is 463 g/mol. The number of hydrogen-bond donors (Lipinski definition) is 1. The fraction of sp³-hybridized carbons (Fsp3) is 0.296. The molecule has 172 valence electrons. The summed E-state index contributed by atoms with van der Waals surface area (Å²) in [7, 11) is 3.31. The fourth-order valence-electron chi connectivity index (χ4n) is 4.32. The van der Waals surface area contributed by atoms with Crippen molar-refractivity contribution in [1.29, 1.82) is 0 Å². The van der Waals surface area contributed by atoms with Crippen molar-refractivity contribution in [3.8, 4) is 11.5 Å². The van der Waals surface area contributed by atoms with Gasteiger partial charge in [-0.05, 0) is 71.3 Å². The molecular weight excluding hydrogens is 432 g/mol. The van der Waals surface area contributed by atoms with Crippen molar-refractivity contribution in [2.75, 3.05) is 27.3 Å². The molecule has 1 amide bonds. The molecular formula is C27H30N2O3S. The van der Waals surface area contributed by atoms with Crippen LogP contribution in [0.1, 0.15) is 35.2 Å². The van der Waals surface area contributed by atoms with Crippen LogP contribution in [0.15, 0.2) is 71.6 Å². The molecule has 3 aromatic carbocycles. The second kappa shape index (κ2) is 10.8. The highest BCUT2D eigenvalue weighted by Crippen LogP contribution is 2.40. The Labute approximate surface area is 200 Å². The monoisotopic (exact) mass is 462 g/mol. The van der Waals surface area contributed by atoms with Crippen LogP contribution in [-0.2, 0) is 17.6 Å². The number of amides is 1. The smallest absolute Gasteiger partial charge is 0.244 e. The summed E-state index contributed by atoms with van der Waals surface area (Å²) >= 11 is 1.37. The van der Waals surface area contributed by atoms with E-state index in [1.165, 1.54) is 23.1 Å². The second-order valence-corrected chi connectivity index (χ2v) is 8.94. The lowest BCUT2D eigenvalue weighted by Gasteiger charge is -2.37. The Kier molecular flexibility index (Phi) is 7.57. The lowest BCUT2D eigenvalue weighted by atomic mass is 9.87. The number of rotatable bonds is 8. The molecule has 5 nitrogen and oxygen atoms in total. The van der Waals surface area contributed by atoms with Gasteiger partial charge in [0.05, 0.1) is 26.8 Å². The first-order valence-electron chi connectivity index (χ1n) is 11.2. The number of carbonyl (C=O) groups excluding carboxylic acids is 1. The quantitative estimate of drug-likeness (QED) is 0.476. The number of methoxy groups -OCH3 is 2. The minimum atomic E-state index is -0.0330. The molecule has 1 aliphatic rings. The number of aryl methyl sites for hydroxylation is 1.